The third-order valence-corrected chi connectivity index (χ3v) is 5.35. The number of carbonyl (C=O) groups is 2. The van der Waals surface area contributed by atoms with E-state index in [9.17, 15) is 0 Å². The molecule has 0 atom stereocenters. The largest absolute Gasteiger partial charge is 0.493 e. The Morgan fingerprint density at radius 3 is 2.09 bits per heavy atom. The molecule has 1 aliphatic heterocycles. The molecule has 7 nitrogen and oxygen atoms in total. The predicted molar refractivity (Wildman–Crippen MR) is 124 cm³/mol. The second-order valence-electron chi connectivity index (χ2n) is 8.04. The summed E-state index contributed by atoms with van der Waals surface area (Å²) < 4.78 is 5.94. The zero-order valence-corrected chi connectivity index (χ0v) is 19.0. The third kappa shape index (κ3) is 9.49. The average molecular weight is 443 g/mol. The average Bonchev–Trinajstić information content (AvgIpc) is 2.77. The molecule has 0 aliphatic carbocycles. The summed E-state index contributed by atoms with van der Waals surface area (Å²) in [6, 6.07) is 17.2. The first-order valence-electron chi connectivity index (χ1n) is 11.0. The molecule has 1 heterocycles. The molecule has 7 heteroatoms. The van der Waals surface area contributed by atoms with Crippen LogP contribution in [0.2, 0.25) is 0 Å². The summed E-state index contributed by atoms with van der Waals surface area (Å²) in [6.45, 7) is 12.1. The summed E-state index contributed by atoms with van der Waals surface area (Å²) in [6.07, 6.45) is 2.33. The molecule has 32 heavy (non-hydrogen) atoms. The zero-order valence-electron chi connectivity index (χ0n) is 19.0. The number of piperazine rings is 1. The zero-order chi connectivity index (χ0) is 23.3. The van der Waals surface area contributed by atoms with Gasteiger partial charge in [0.2, 0.25) is 0 Å². The molecule has 1 saturated heterocycles. The van der Waals surface area contributed by atoms with Crippen LogP contribution in [0.5, 0.6) is 5.75 Å². The van der Waals surface area contributed by atoms with E-state index in [1.165, 1.54) is 55.8 Å². The molecule has 0 saturated carbocycles. The van der Waals surface area contributed by atoms with Crippen molar-refractivity contribution >= 4 is 11.9 Å². The Labute approximate surface area is 190 Å². The minimum atomic E-state index is -1.82. The summed E-state index contributed by atoms with van der Waals surface area (Å²) in [4.78, 5) is 23.4. The van der Waals surface area contributed by atoms with Crippen LogP contribution in [0.3, 0.4) is 0 Å². The maximum atomic E-state index is 9.10. The molecule has 0 spiro atoms. The topological polar surface area (TPSA) is 90.3 Å². The first-order valence-corrected chi connectivity index (χ1v) is 11.0. The molecule has 2 N–H and O–H groups in total. The molecule has 0 unspecified atom stereocenters. The van der Waals surface area contributed by atoms with Crippen molar-refractivity contribution < 1.29 is 24.5 Å². The van der Waals surface area contributed by atoms with Gasteiger partial charge in [0, 0.05) is 32.7 Å². The summed E-state index contributed by atoms with van der Waals surface area (Å²) in [5.74, 6) is -2.62. The minimum absolute atomic E-state index is 0.817. The van der Waals surface area contributed by atoms with Crippen molar-refractivity contribution in [2.24, 2.45) is 0 Å². The van der Waals surface area contributed by atoms with Gasteiger partial charge >= 0.3 is 11.9 Å². The van der Waals surface area contributed by atoms with Gasteiger partial charge in [-0.2, -0.15) is 0 Å². The highest BCUT2D eigenvalue weighted by atomic mass is 16.5. The summed E-state index contributed by atoms with van der Waals surface area (Å²) >= 11 is 0. The van der Waals surface area contributed by atoms with Crippen LogP contribution in [-0.2, 0) is 16.1 Å². The highest BCUT2D eigenvalue weighted by Gasteiger charge is 2.16. The van der Waals surface area contributed by atoms with E-state index < -0.39 is 11.9 Å². The number of aryl methyl sites for hydroxylation is 2. The van der Waals surface area contributed by atoms with E-state index in [-0.39, 0.29) is 0 Å². The molecule has 0 aromatic heterocycles. The number of rotatable bonds is 8. The number of hydrogen-bond acceptors (Lipinski definition) is 5. The molecule has 0 amide bonds. The van der Waals surface area contributed by atoms with E-state index in [4.69, 9.17) is 24.5 Å². The summed E-state index contributed by atoms with van der Waals surface area (Å²) in [5, 5.41) is 14.8. The number of hydrogen-bond donors (Lipinski definition) is 2. The van der Waals surface area contributed by atoms with Gasteiger partial charge in [-0.05, 0) is 50.4 Å². The predicted octanol–water partition coefficient (Wildman–Crippen LogP) is 3.44. The lowest BCUT2D eigenvalue weighted by atomic mass is 10.1. The van der Waals surface area contributed by atoms with E-state index >= 15 is 0 Å². The van der Waals surface area contributed by atoms with Crippen LogP contribution in [0, 0.1) is 13.8 Å². The number of aliphatic carboxylic acids is 2. The van der Waals surface area contributed by atoms with Gasteiger partial charge < -0.3 is 19.8 Å². The molecular formula is C25H34N2O5. The lowest BCUT2D eigenvalue weighted by molar-refractivity contribution is -0.159. The van der Waals surface area contributed by atoms with Gasteiger partial charge in [0.05, 0.1) is 6.61 Å². The first kappa shape index (κ1) is 25.4. The molecule has 2 aromatic carbocycles. The van der Waals surface area contributed by atoms with Gasteiger partial charge in [0.15, 0.2) is 0 Å². The Bertz CT molecular complexity index is 837. The standard InChI is InChI=1S/C23H32N2O.C2H2O4/c1-20-10-11-23(21(2)18-20)26-17-7-6-12-24-13-15-25(16-14-24)19-22-8-4-3-5-9-22;3-1(4)2(5)6/h3-5,8-11,18H,6-7,12-17,19H2,1-2H3;(H,3,4)(H,5,6). The van der Waals surface area contributed by atoms with Crippen molar-refractivity contribution in [3.63, 3.8) is 0 Å². The lowest BCUT2D eigenvalue weighted by Crippen LogP contribution is -2.46. The van der Waals surface area contributed by atoms with Crippen LogP contribution in [0.25, 0.3) is 0 Å². The van der Waals surface area contributed by atoms with E-state index in [0.717, 1.165) is 25.3 Å². The smallest absolute Gasteiger partial charge is 0.414 e. The SMILES string of the molecule is Cc1ccc(OCCCCN2CCN(Cc3ccccc3)CC2)c(C)c1.O=C(O)C(=O)O. The van der Waals surface area contributed by atoms with Crippen molar-refractivity contribution in [1.82, 2.24) is 9.80 Å². The molecule has 1 fully saturated rings. The molecule has 0 radical (unpaired) electrons. The Morgan fingerprint density at radius 2 is 1.50 bits per heavy atom. The number of unbranched alkanes of at least 4 members (excludes halogenated alkanes) is 1. The van der Waals surface area contributed by atoms with Crippen LogP contribution in [-0.4, -0.2) is 71.3 Å². The van der Waals surface area contributed by atoms with Gasteiger partial charge in [0.25, 0.3) is 0 Å². The van der Waals surface area contributed by atoms with Crippen LogP contribution in [0.15, 0.2) is 48.5 Å². The molecule has 1 aliphatic rings. The second-order valence-corrected chi connectivity index (χ2v) is 8.04. The van der Waals surface area contributed by atoms with Crippen LogP contribution >= 0.6 is 0 Å². The van der Waals surface area contributed by atoms with Crippen molar-refractivity contribution in [3.8, 4) is 5.75 Å². The maximum absolute atomic E-state index is 9.10. The Balaban J connectivity index is 0.000000534. The highest BCUT2D eigenvalue weighted by Crippen LogP contribution is 2.19. The van der Waals surface area contributed by atoms with Gasteiger partial charge in [-0.1, -0.05) is 48.0 Å². The second kappa shape index (κ2) is 13.5. The number of ether oxygens (including phenoxy) is 1. The quantitative estimate of drug-likeness (QED) is 0.478. The fraction of sp³-hybridized carbons (Fsp3) is 0.440. The fourth-order valence-electron chi connectivity index (χ4n) is 3.59. The van der Waals surface area contributed by atoms with Crippen molar-refractivity contribution in [2.75, 3.05) is 39.3 Å². The Kier molecular flexibility index (Phi) is 10.7. The van der Waals surface area contributed by atoms with Gasteiger partial charge in [0.1, 0.15) is 5.75 Å². The van der Waals surface area contributed by atoms with Gasteiger partial charge in [-0.25, -0.2) is 9.59 Å². The summed E-state index contributed by atoms with van der Waals surface area (Å²) in [5.41, 5.74) is 3.95. The molecule has 3 rings (SSSR count). The van der Waals surface area contributed by atoms with E-state index in [2.05, 4.69) is 72.2 Å². The number of benzene rings is 2. The highest BCUT2D eigenvalue weighted by molar-refractivity contribution is 6.27. The number of nitrogens with zero attached hydrogens (tertiary/aromatic N) is 2. The normalized spacial score (nSPS) is 14.3. The molecule has 0 bridgehead atoms. The van der Waals surface area contributed by atoms with Crippen molar-refractivity contribution in [2.45, 2.75) is 33.2 Å². The van der Waals surface area contributed by atoms with Crippen LogP contribution < -0.4 is 4.74 Å². The Morgan fingerprint density at radius 1 is 0.875 bits per heavy atom. The van der Waals surface area contributed by atoms with Crippen LogP contribution in [0.1, 0.15) is 29.5 Å². The number of carboxylic acid groups (broad SMARTS) is 2. The Hall–Kier alpha value is -2.90. The first-order chi connectivity index (χ1) is 15.3. The fourth-order valence-corrected chi connectivity index (χ4v) is 3.59. The van der Waals surface area contributed by atoms with Crippen LogP contribution in [0.4, 0.5) is 0 Å². The van der Waals surface area contributed by atoms with E-state index in [1.807, 2.05) is 0 Å². The third-order valence-electron chi connectivity index (χ3n) is 5.35. The monoisotopic (exact) mass is 442 g/mol. The van der Waals surface area contributed by atoms with Crippen molar-refractivity contribution in [1.29, 1.82) is 0 Å². The lowest BCUT2D eigenvalue weighted by Gasteiger charge is -2.34. The van der Waals surface area contributed by atoms with Gasteiger partial charge in [-0.3, -0.25) is 4.90 Å². The minimum Gasteiger partial charge on any atom is -0.493 e. The molecule has 174 valence electrons. The van der Waals surface area contributed by atoms with E-state index in [1.54, 1.807) is 0 Å². The number of carboxylic acids is 2. The van der Waals surface area contributed by atoms with Crippen molar-refractivity contribution in [3.05, 3.63) is 65.2 Å². The van der Waals surface area contributed by atoms with E-state index in [0.29, 0.717) is 0 Å². The molecule has 2 aromatic rings. The summed E-state index contributed by atoms with van der Waals surface area (Å²) in [7, 11) is 0. The maximum Gasteiger partial charge on any atom is 0.414 e. The van der Waals surface area contributed by atoms with Gasteiger partial charge in [-0.15, -0.1) is 0 Å². The molecular weight excluding hydrogens is 408 g/mol.